The maximum absolute atomic E-state index is 12.9. The number of rotatable bonds is 4. The van der Waals surface area contributed by atoms with Gasteiger partial charge in [-0.1, -0.05) is 41.9 Å². The third kappa shape index (κ3) is 3.75. The van der Waals surface area contributed by atoms with E-state index in [9.17, 15) is 4.79 Å². The summed E-state index contributed by atoms with van der Waals surface area (Å²) >= 11 is 6.02. The SMILES string of the molecule is O=C(N[C@H]1C[C@H]2COC[C@@H](C1)N2Cc1ccc(Cl)cc1)c1n[nH]c2ccccc12. The predicted octanol–water partition coefficient (Wildman–Crippen LogP) is 3.38. The Labute approximate surface area is 174 Å². The zero-order valence-corrected chi connectivity index (χ0v) is 16.7. The number of morpholine rings is 1. The molecule has 7 heteroatoms. The zero-order valence-electron chi connectivity index (χ0n) is 16.0. The standard InChI is InChI=1S/C22H23ClN4O2/c23-15-7-5-14(6-8-15)11-27-17-9-16(10-18(27)13-29-12-17)24-22(28)21-19-3-1-2-4-20(19)25-26-21/h1-8,16-18H,9-13H2,(H,24,28)(H,25,26)/t16-,17-,18+. The normalized spacial score (nSPS) is 24.5. The summed E-state index contributed by atoms with van der Waals surface area (Å²) in [6, 6.07) is 16.4. The first-order valence-electron chi connectivity index (χ1n) is 9.99. The van der Waals surface area contributed by atoms with Gasteiger partial charge >= 0.3 is 0 Å². The Morgan fingerprint density at radius 1 is 1.14 bits per heavy atom. The number of ether oxygens (including phenoxy) is 1. The van der Waals surface area contributed by atoms with Gasteiger partial charge in [-0.2, -0.15) is 5.10 Å². The number of nitrogens with one attached hydrogen (secondary N) is 2. The van der Waals surface area contributed by atoms with Crippen LogP contribution in [0.25, 0.3) is 10.9 Å². The summed E-state index contributed by atoms with van der Waals surface area (Å²) in [4.78, 5) is 15.4. The molecule has 3 atom stereocenters. The highest BCUT2D eigenvalue weighted by Gasteiger charge is 2.39. The van der Waals surface area contributed by atoms with Crippen LogP contribution in [0.15, 0.2) is 48.5 Å². The Bertz CT molecular complexity index is 1010. The molecule has 1 aromatic heterocycles. The first-order valence-corrected chi connectivity index (χ1v) is 10.4. The number of amides is 1. The number of H-pyrrole nitrogens is 1. The van der Waals surface area contributed by atoms with Crippen LogP contribution in [-0.2, 0) is 11.3 Å². The van der Waals surface area contributed by atoms with Crippen molar-refractivity contribution in [1.29, 1.82) is 0 Å². The summed E-state index contributed by atoms with van der Waals surface area (Å²) in [6.45, 7) is 2.27. The van der Waals surface area contributed by atoms with Gasteiger partial charge in [0.1, 0.15) is 0 Å². The number of aromatic amines is 1. The van der Waals surface area contributed by atoms with E-state index in [4.69, 9.17) is 16.3 Å². The van der Waals surface area contributed by atoms with E-state index in [2.05, 4.69) is 32.5 Å². The number of carbonyl (C=O) groups excluding carboxylic acids is 1. The van der Waals surface area contributed by atoms with Crippen LogP contribution in [0.2, 0.25) is 5.02 Å². The number of benzene rings is 2. The number of aromatic nitrogens is 2. The fourth-order valence-corrected chi connectivity index (χ4v) is 4.68. The molecule has 2 N–H and O–H groups in total. The highest BCUT2D eigenvalue weighted by molar-refractivity contribution is 6.30. The van der Waals surface area contributed by atoms with Crippen molar-refractivity contribution in [2.45, 2.75) is 37.5 Å². The van der Waals surface area contributed by atoms with Gasteiger partial charge in [-0.05, 0) is 36.6 Å². The van der Waals surface area contributed by atoms with Crippen LogP contribution < -0.4 is 5.32 Å². The zero-order chi connectivity index (χ0) is 19.8. The first kappa shape index (κ1) is 18.6. The Kier molecular flexibility index (Phi) is 4.99. The van der Waals surface area contributed by atoms with Crippen LogP contribution in [0, 0.1) is 0 Å². The second-order valence-electron chi connectivity index (χ2n) is 7.90. The minimum atomic E-state index is -0.113. The van der Waals surface area contributed by atoms with E-state index < -0.39 is 0 Å². The molecule has 0 aliphatic carbocycles. The molecule has 0 saturated carbocycles. The van der Waals surface area contributed by atoms with Gasteiger partial charge < -0.3 is 10.1 Å². The van der Waals surface area contributed by atoms with Gasteiger partial charge in [0.25, 0.3) is 5.91 Å². The average Bonchev–Trinajstić information content (AvgIpc) is 3.14. The smallest absolute Gasteiger partial charge is 0.272 e. The van der Waals surface area contributed by atoms with Crippen LogP contribution in [0.5, 0.6) is 0 Å². The van der Waals surface area contributed by atoms with Gasteiger partial charge in [-0.3, -0.25) is 14.8 Å². The molecule has 2 bridgehead atoms. The van der Waals surface area contributed by atoms with Crippen molar-refractivity contribution < 1.29 is 9.53 Å². The summed E-state index contributed by atoms with van der Waals surface area (Å²) in [5.41, 5.74) is 2.59. The first-order chi connectivity index (χ1) is 14.2. The lowest BCUT2D eigenvalue weighted by molar-refractivity contribution is -0.0843. The molecule has 3 heterocycles. The van der Waals surface area contributed by atoms with Gasteiger partial charge in [-0.15, -0.1) is 0 Å². The van der Waals surface area contributed by atoms with Crippen LogP contribution in [0.3, 0.4) is 0 Å². The third-order valence-electron chi connectivity index (χ3n) is 5.97. The number of hydrogen-bond acceptors (Lipinski definition) is 4. The van der Waals surface area contributed by atoms with Crippen molar-refractivity contribution in [1.82, 2.24) is 20.4 Å². The molecule has 5 rings (SSSR count). The molecule has 2 saturated heterocycles. The van der Waals surface area contributed by atoms with E-state index in [-0.39, 0.29) is 11.9 Å². The molecule has 2 fully saturated rings. The minimum absolute atomic E-state index is 0.113. The van der Waals surface area contributed by atoms with E-state index in [0.717, 1.165) is 35.3 Å². The topological polar surface area (TPSA) is 70.2 Å². The Balaban J connectivity index is 1.28. The second-order valence-corrected chi connectivity index (χ2v) is 8.34. The Hall–Kier alpha value is -2.41. The van der Waals surface area contributed by atoms with Crippen molar-refractivity contribution in [3.8, 4) is 0 Å². The number of carbonyl (C=O) groups is 1. The molecule has 1 amide bonds. The molecule has 0 radical (unpaired) electrons. The van der Waals surface area contributed by atoms with Gasteiger partial charge in [-0.25, -0.2) is 0 Å². The predicted molar refractivity (Wildman–Crippen MR) is 112 cm³/mol. The van der Waals surface area contributed by atoms with Gasteiger partial charge in [0.05, 0.1) is 18.7 Å². The molecule has 2 aromatic carbocycles. The lowest BCUT2D eigenvalue weighted by Gasteiger charge is -2.48. The average molecular weight is 411 g/mol. The van der Waals surface area contributed by atoms with Crippen LogP contribution in [-0.4, -0.2) is 52.3 Å². The highest BCUT2D eigenvalue weighted by atomic mass is 35.5. The summed E-state index contributed by atoms with van der Waals surface area (Å²) in [7, 11) is 0. The lowest BCUT2D eigenvalue weighted by atomic mass is 9.89. The number of nitrogens with zero attached hydrogens (tertiary/aromatic N) is 2. The minimum Gasteiger partial charge on any atom is -0.378 e. The van der Waals surface area contributed by atoms with Crippen molar-refractivity contribution >= 4 is 28.4 Å². The monoisotopic (exact) mass is 410 g/mol. The third-order valence-corrected chi connectivity index (χ3v) is 6.22. The van der Waals surface area contributed by atoms with Crippen molar-refractivity contribution in [2.24, 2.45) is 0 Å². The van der Waals surface area contributed by atoms with E-state index in [1.54, 1.807) is 0 Å². The van der Waals surface area contributed by atoms with Gasteiger partial charge in [0.15, 0.2) is 5.69 Å². The van der Waals surface area contributed by atoms with E-state index >= 15 is 0 Å². The summed E-state index contributed by atoms with van der Waals surface area (Å²) in [5.74, 6) is -0.113. The molecule has 2 aliphatic heterocycles. The highest BCUT2D eigenvalue weighted by Crippen LogP contribution is 2.30. The van der Waals surface area contributed by atoms with Crippen molar-refractivity contribution in [3.05, 3.63) is 64.8 Å². The summed E-state index contributed by atoms with van der Waals surface area (Å²) < 4.78 is 5.81. The second kappa shape index (κ2) is 7.78. The number of piperidine rings is 1. The fourth-order valence-electron chi connectivity index (χ4n) is 4.56. The largest absolute Gasteiger partial charge is 0.378 e. The number of hydrogen-bond donors (Lipinski definition) is 2. The molecular weight excluding hydrogens is 388 g/mol. The van der Waals surface area contributed by atoms with E-state index in [1.807, 2.05) is 36.4 Å². The number of halogens is 1. The molecular formula is C22H23ClN4O2. The quantitative estimate of drug-likeness (QED) is 0.691. The van der Waals surface area contributed by atoms with Crippen LogP contribution >= 0.6 is 11.6 Å². The lowest BCUT2D eigenvalue weighted by Crippen LogP contribution is -2.60. The molecule has 2 aliphatic rings. The molecule has 0 unspecified atom stereocenters. The summed E-state index contributed by atoms with van der Waals surface area (Å²) in [5, 5.41) is 12.0. The van der Waals surface area contributed by atoms with Crippen molar-refractivity contribution in [3.63, 3.8) is 0 Å². The van der Waals surface area contributed by atoms with Gasteiger partial charge in [0, 0.05) is 35.1 Å². The number of para-hydroxylation sites is 1. The molecule has 0 spiro atoms. The van der Waals surface area contributed by atoms with Crippen molar-refractivity contribution in [2.75, 3.05) is 13.2 Å². The van der Waals surface area contributed by atoms with Crippen LogP contribution in [0.4, 0.5) is 0 Å². The van der Waals surface area contributed by atoms with E-state index in [1.165, 1.54) is 5.56 Å². The fraction of sp³-hybridized carbons (Fsp3) is 0.364. The molecule has 3 aromatic rings. The molecule has 6 nitrogen and oxygen atoms in total. The summed E-state index contributed by atoms with van der Waals surface area (Å²) in [6.07, 6.45) is 1.75. The maximum Gasteiger partial charge on any atom is 0.272 e. The Morgan fingerprint density at radius 2 is 1.86 bits per heavy atom. The van der Waals surface area contributed by atoms with E-state index in [0.29, 0.717) is 31.0 Å². The van der Waals surface area contributed by atoms with Gasteiger partial charge in [0.2, 0.25) is 0 Å². The molecule has 150 valence electrons. The number of fused-ring (bicyclic) bond motifs is 3. The maximum atomic E-state index is 12.9. The Morgan fingerprint density at radius 3 is 2.62 bits per heavy atom. The molecule has 29 heavy (non-hydrogen) atoms. The van der Waals surface area contributed by atoms with Crippen LogP contribution in [0.1, 0.15) is 28.9 Å².